The van der Waals surface area contributed by atoms with E-state index in [4.69, 9.17) is 15.0 Å². The van der Waals surface area contributed by atoms with Gasteiger partial charge in [0.2, 0.25) is 0 Å². The maximum absolute atomic E-state index is 11.3. The molecule has 0 bridgehead atoms. The second kappa shape index (κ2) is 13.2. The van der Waals surface area contributed by atoms with Crippen molar-refractivity contribution >= 4 is 16.0 Å². The molecule has 0 saturated heterocycles. The average molecular weight is 526 g/mol. The molecule has 1 aliphatic rings. The second-order valence-corrected chi connectivity index (χ2v) is 10.9. The predicted octanol–water partition coefficient (Wildman–Crippen LogP) is 7.88. The van der Waals surface area contributed by atoms with Crippen molar-refractivity contribution in [2.24, 2.45) is 0 Å². The Hall–Kier alpha value is -2.51. The Balaban J connectivity index is 0.00000456. The van der Waals surface area contributed by atoms with Gasteiger partial charge in [0.25, 0.3) is 0 Å². The first-order valence-corrected chi connectivity index (χ1v) is 13.0. The molecule has 3 heteroatoms. The molecule has 0 unspecified atom stereocenters. The molecule has 2 aromatic carbocycles. The maximum atomic E-state index is 11.3. The van der Waals surface area contributed by atoms with E-state index in [1.54, 1.807) is 6.92 Å². The van der Waals surface area contributed by atoms with Gasteiger partial charge in [0.05, 0.1) is 0 Å². The smallest absolute Gasteiger partial charge is 0.358 e. The number of benzene rings is 2. The molecule has 2 aromatic rings. The first kappa shape index (κ1) is 29.7. The van der Waals surface area contributed by atoms with Gasteiger partial charge in [-0.3, -0.25) is 0 Å². The van der Waals surface area contributed by atoms with Crippen LogP contribution in [0.4, 0.5) is 5.69 Å². The third kappa shape index (κ3) is 7.04. The number of allylic oxidation sites excluding steroid dienone is 6. The molecule has 0 spiro atoms. The molecule has 0 atom stereocenters. The quantitative estimate of drug-likeness (QED) is 0.129. The largest absolute Gasteiger partial charge is 0.358 e. The molecular formula is C33H41NNiO-2. The second-order valence-electron chi connectivity index (χ2n) is 10.3. The topological polar surface area (TPSA) is 20.3 Å². The summed E-state index contributed by atoms with van der Waals surface area (Å²) in [7, 11) is 0. The Morgan fingerprint density at radius 3 is 2.44 bits per heavy atom. The van der Waals surface area contributed by atoms with Crippen molar-refractivity contribution in [3.05, 3.63) is 109 Å². The molecule has 0 saturated carbocycles. The number of ketones is 1. The van der Waals surface area contributed by atoms with Gasteiger partial charge in [0.1, 0.15) is 5.78 Å². The number of nitrogens with zero attached hydrogens (tertiary/aromatic N) is 1. The number of anilines is 1. The molecule has 0 amide bonds. The zero-order chi connectivity index (χ0) is 25.5. The van der Waals surface area contributed by atoms with Gasteiger partial charge in [0, 0.05) is 6.42 Å². The predicted molar refractivity (Wildman–Crippen MR) is 152 cm³/mol. The van der Waals surface area contributed by atoms with Crippen molar-refractivity contribution in [3.63, 3.8) is 0 Å². The number of para-hydroxylation sites is 1. The summed E-state index contributed by atoms with van der Waals surface area (Å²) in [4.78, 5) is 13.7. The van der Waals surface area contributed by atoms with Crippen LogP contribution in [-0.4, -0.2) is 16.8 Å². The molecule has 36 heavy (non-hydrogen) atoms. The van der Waals surface area contributed by atoms with E-state index in [9.17, 15) is 4.79 Å². The van der Waals surface area contributed by atoms with E-state index in [0.717, 1.165) is 35.9 Å². The van der Waals surface area contributed by atoms with Crippen LogP contribution in [0.3, 0.4) is 0 Å². The summed E-state index contributed by atoms with van der Waals surface area (Å²) in [5, 5.41) is 0. The van der Waals surface area contributed by atoms with E-state index < -0.39 is 0 Å². The van der Waals surface area contributed by atoms with Gasteiger partial charge in [-0.15, -0.1) is 0 Å². The van der Waals surface area contributed by atoms with Crippen molar-refractivity contribution in [2.45, 2.75) is 71.1 Å². The Morgan fingerprint density at radius 2 is 1.75 bits per heavy atom. The van der Waals surface area contributed by atoms with Gasteiger partial charge in [-0.25, -0.2) is 0 Å². The summed E-state index contributed by atoms with van der Waals surface area (Å²) in [6.45, 7) is 11.5. The van der Waals surface area contributed by atoms with Gasteiger partial charge in [0.15, 0.2) is 0 Å². The Morgan fingerprint density at radius 1 is 1.03 bits per heavy atom. The number of fused-ring (bicyclic) bond motifs is 1. The Labute approximate surface area is 227 Å². The molecule has 2 nitrogen and oxygen atoms in total. The van der Waals surface area contributed by atoms with Crippen molar-refractivity contribution in [2.75, 3.05) is 11.4 Å². The molecule has 0 N–H and O–H groups in total. The van der Waals surface area contributed by atoms with Crippen LogP contribution in [0.25, 0.3) is 0 Å². The number of Topliss-reactive ketones (excluding diaryl/α,β-unsaturated/α-hetero) is 1. The first-order chi connectivity index (χ1) is 16.7. The third-order valence-electron chi connectivity index (χ3n) is 6.86. The summed E-state index contributed by atoms with van der Waals surface area (Å²) < 4.78 is 0.929. The van der Waals surface area contributed by atoms with Crippen LogP contribution in [0.5, 0.6) is 0 Å². The normalized spacial score (nSPS) is 16.0. The third-order valence-corrected chi connectivity index (χ3v) is 7.64. The number of carbonyl (C=O) groups excluding carboxylic acids is 1. The van der Waals surface area contributed by atoms with Crippen LogP contribution < -0.4 is 4.90 Å². The van der Waals surface area contributed by atoms with Crippen molar-refractivity contribution in [3.8, 4) is 0 Å². The molecule has 3 rings (SSSR count). The van der Waals surface area contributed by atoms with Crippen LogP contribution >= 0.6 is 0 Å². The summed E-state index contributed by atoms with van der Waals surface area (Å²) in [6.07, 6.45) is 14.3. The number of unbranched alkanes of at least 4 members (excludes halogenated alkanes) is 2. The SMILES string of the molecule is CC(=O)CCCCCN1\C(=C/C=C/C=C/[C](=[Ni])C(C)(C)c2[c-]cccc2)C(C)(C)c2ccccc21.[CH3-]. The monoisotopic (exact) mass is 525 g/mol. The number of hydrogen-bond acceptors (Lipinski definition) is 2. The molecule has 0 aromatic heterocycles. The molecule has 1 aliphatic heterocycles. The molecule has 196 valence electrons. The Bertz CT molecular complexity index is 1120. The van der Waals surface area contributed by atoms with E-state index >= 15 is 0 Å². The Kier molecular flexibility index (Phi) is 10.9. The summed E-state index contributed by atoms with van der Waals surface area (Å²) in [5.74, 6) is 0.280. The zero-order valence-electron chi connectivity index (χ0n) is 22.7. The van der Waals surface area contributed by atoms with Gasteiger partial charge in [-0.2, -0.15) is 0 Å². The van der Waals surface area contributed by atoms with E-state index in [0.29, 0.717) is 6.42 Å². The fraction of sp³-hybridized carbons (Fsp3) is 0.364. The van der Waals surface area contributed by atoms with Crippen LogP contribution in [0.2, 0.25) is 0 Å². The van der Waals surface area contributed by atoms with E-state index in [-0.39, 0.29) is 24.0 Å². The summed E-state index contributed by atoms with van der Waals surface area (Å²) in [6, 6.07) is 20.1. The van der Waals surface area contributed by atoms with Gasteiger partial charge in [-0.05, 0) is 6.92 Å². The standard InChI is InChI=1S/C32H38NO.CH3.Ni/c1-26(34)18-10-9-17-25-33-29-22-15-14-21-28(29)32(4,5)30(33)23-13-6-7-16-24-31(2,3)27-19-11-8-12-20-27;;/h6-8,11-16,19,21-23H,9-10,17-18,25H2,1-5H3;1H3;/q2*-1;/b13-6+,16-7+,30-23-;;. The number of hydrogen-bond donors (Lipinski definition) is 0. The maximum Gasteiger partial charge on any atom is -0.358 e. The van der Waals surface area contributed by atoms with E-state index in [1.165, 1.54) is 16.9 Å². The number of carbonyl (C=O) groups is 1. The van der Waals surface area contributed by atoms with Crippen molar-refractivity contribution < 1.29 is 19.8 Å². The van der Waals surface area contributed by atoms with Crippen molar-refractivity contribution in [1.82, 2.24) is 0 Å². The summed E-state index contributed by atoms with van der Waals surface area (Å²) >= 11 is 5.38. The van der Waals surface area contributed by atoms with E-state index in [1.807, 2.05) is 30.4 Å². The van der Waals surface area contributed by atoms with E-state index in [2.05, 4.69) is 87.2 Å². The summed E-state index contributed by atoms with van der Waals surface area (Å²) in [5.41, 5.74) is 4.79. The van der Waals surface area contributed by atoms with Crippen molar-refractivity contribution in [1.29, 1.82) is 0 Å². The molecule has 0 fully saturated rings. The van der Waals surface area contributed by atoms with Crippen LogP contribution in [-0.2, 0) is 30.7 Å². The minimum Gasteiger partial charge on any atom is -0.358 e. The minimum atomic E-state index is -0.224. The van der Waals surface area contributed by atoms with Gasteiger partial charge < -0.3 is 12.2 Å². The minimum absolute atomic E-state index is 0. The first-order valence-electron chi connectivity index (χ1n) is 12.5. The van der Waals surface area contributed by atoms with Gasteiger partial charge in [-0.1, -0.05) is 0 Å². The molecule has 1 heterocycles. The van der Waals surface area contributed by atoms with Crippen LogP contribution in [0, 0.1) is 13.5 Å². The molecule has 0 radical (unpaired) electrons. The van der Waals surface area contributed by atoms with Gasteiger partial charge >= 0.3 is 196 Å². The fourth-order valence-electron chi connectivity index (χ4n) is 4.66. The number of rotatable bonds is 11. The fourth-order valence-corrected chi connectivity index (χ4v) is 4.89. The molecular weight excluding hydrogens is 485 g/mol. The van der Waals surface area contributed by atoms with Crippen LogP contribution in [0.1, 0.15) is 71.4 Å². The average Bonchev–Trinajstić information content (AvgIpc) is 3.05. The zero-order valence-corrected chi connectivity index (χ0v) is 23.7. The molecule has 0 aliphatic carbocycles. The van der Waals surface area contributed by atoms with Crippen LogP contribution in [0.15, 0.2) is 84.6 Å².